The molecule has 0 aliphatic carbocycles. The summed E-state index contributed by atoms with van der Waals surface area (Å²) in [6.45, 7) is 7.47. The topological polar surface area (TPSA) is 66.8 Å². The first-order valence-electron chi connectivity index (χ1n) is 4.02. The van der Waals surface area contributed by atoms with Crippen molar-refractivity contribution in [3.05, 3.63) is 12.7 Å². The van der Waals surface area contributed by atoms with E-state index in [0.29, 0.717) is 0 Å². The molecule has 0 saturated heterocycles. The van der Waals surface area contributed by atoms with Crippen LogP contribution in [0.4, 0.5) is 0 Å². The van der Waals surface area contributed by atoms with E-state index in [-0.39, 0.29) is 0 Å². The normalized spacial score (nSPS) is 19.8. The van der Waals surface area contributed by atoms with E-state index in [0.717, 1.165) is 0 Å². The van der Waals surface area contributed by atoms with Crippen LogP contribution in [0.1, 0.15) is 20.8 Å². The van der Waals surface area contributed by atoms with Crippen molar-refractivity contribution in [3.63, 3.8) is 0 Å². The van der Waals surface area contributed by atoms with Crippen LogP contribution in [0.25, 0.3) is 0 Å². The summed E-state index contributed by atoms with van der Waals surface area (Å²) in [6.07, 6.45) is -0.708. The highest BCUT2D eigenvalue weighted by atomic mass is 16.6. The van der Waals surface area contributed by atoms with Crippen LogP contribution in [0.15, 0.2) is 12.7 Å². The number of rotatable bonds is 4. The Morgan fingerprint density at radius 2 is 2.15 bits per heavy atom. The quantitative estimate of drug-likeness (QED) is 0.490. The number of hydrogen-bond acceptors (Lipinski definition) is 4. The van der Waals surface area contributed by atoms with E-state index in [1.165, 1.54) is 26.8 Å². The zero-order valence-electron chi connectivity index (χ0n) is 8.15. The molecule has 0 rings (SSSR count). The van der Waals surface area contributed by atoms with Crippen LogP contribution in [0.2, 0.25) is 0 Å². The van der Waals surface area contributed by atoms with Crippen molar-refractivity contribution in [2.45, 2.75) is 38.6 Å². The minimum atomic E-state index is -1.51. The molecule has 0 aliphatic heterocycles. The Bertz CT molecular complexity index is 198. The van der Waals surface area contributed by atoms with Gasteiger partial charge in [0.05, 0.1) is 0 Å². The van der Waals surface area contributed by atoms with Gasteiger partial charge in [0.2, 0.25) is 0 Å². The van der Waals surface area contributed by atoms with Crippen molar-refractivity contribution in [2.24, 2.45) is 0 Å². The maximum absolute atomic E-state index is 10.6. The van der Waals surface area contributed by atoms with Gasteiger partial charge < -0.3 is 14.9 Å². The summed E-state index contributed by atoms with van der Waals surface area (Å²) in [7, 11) is 0. The molecule has 0 spiro atoms. The van der Waals surface area contributed by atoms with Crippen molar-refractivity contribution in [3.8, 4) is 0 Å². The summed E-state index contributed by atoms with van der Waals surface area (Å²) in [5.41, 5.74) is -1.51. The number of aliphatic hydroxyl groups is 2. The molecule has 0 aromatic carbocycles. The number of carbonyl (C=O) groups is 1. The van der Waals surface area contributed by atoms with Gasteiger partial charge in [0, 0.05) is 6.92 Å². The fraction of sp³-hybridized carbons (Fsp3) is 0.667. The number of ether oxygens (including phenoxy) is 1. The van der Waals surface area contributed by atoms with Gasteiger partial charge in [-0.05, 0) is 13.8 Å². The van der Waals surface area contributed by atoms with Crippen molar-refractivity contribution in [1.29, 1.82) is 0 Å². The second-order valence-corrected chi connectivity index (χ2v) is 3.16. The van der Waals surface area contributed by atoms with Crippen LogP contribution < -0.4 is 0 Å². The molecule has 0 fully saturated rings. The molecule has 0 radical (unpaired) electrons. The Hall–Kier alpha value is -0.870. The van der Waals surface area contributed by atoms with Gasteiger partial charge in [-0.1, -0.05) is 6.08 Å². The summed E-state index contributed by atoms with van der Waals surface area (Å²) in [5.74, 6) is -0.496. The molecule has 0 aromatic heterocycles. The first kappa shape index (κ1) is 12.1. The largest absolute Gasteiger partial charge is 0.460 e. The van der Waals surface area contributed by atoms with Crippen molar-refractivity contribution < 1.29 is 19.7 Å². The minimum absolute atomic E-state index is 0.496. The highest BCUT2D eigenvalue weighted by Crippen LogP contribution is 2.18. The molecular formula is C9H16O4. The molecule has 4 heteroatoms. The monoisotopic (exact) mass is 188 g/mol. The van der Waals surface area contributed by atoms with Crippen LogP contribution in [0.5, 0.6) is 0 Å². The van der Waals surface area contributed by atoms with Gasteiger partial charge in [-0.15, -0.1) is 6.58 Å². The van der Waals surface area contributed by atoms with Crippen LogP contribution >= 0.6 is 0 Å². The van der Waals surface area contributed by atoms with Gasteiger partial charge in [0.15, 0.2) is 0 Å². The lowest BCUT2D eigenvalue weighted by molar-refractivity contribution is -0.168. The molecule has 0 aromatic rings. The van der Waals surface area contributed by atoms with Gasteiger partial charge in [-0.25, -0.2) is 0 Å². The lowest BCUT2D eigenvalue weighted by Crippen LogP contribution is -2.49. The fourth-order valence-corrected chi connectivity index (χ4v) is 0.847. The van der Waals surface area contributed by atoms with Crippen molar-refractivity contribution >= 4 is 5.97 Å². The first-order chi connectivity index (χ1) is 5.82. The molecule has 0 heterocycles. The number of carbonyl (C=O) groups excluding carboxylic acids is 1. The highest BCUT2D eigenvalue weighted by molar-refractivity contribution is 5.66. The third-order valence-electron chi connectivity index (χ3n) is 1.99. The Morgan fingerprint density at radius 1 is 1.69 bits per heavy atom. The third kappa shape index (κ3) is 3.16. The average molecular weight is 188 g/mol. The lowest BCUT2D eigenvalue weighted by atomic mass is 9.93. The Labute approximate surface area is 77.8 Å². The summed E-state index contributed by atoms with van der Waals surface area (Å²) < 4.78 is 4.74. The standard InChI is InChI=1S/C9H16O4/c1-5-8(11)9(4,12)6(2)13-7(3)10/h5-6,8,11-12H,1H2,2-4H3/t6-,8+,9-/m0/s1. The van der Waals surface area contributed by atoms with Gasteiger partial charge in [-0.2, -0.15) is 0 Å². The van der Waals surface area contributed by atoms with Gasteiger partial charge >= 0.3 is 5.97 Å². The SMILES string of the molecule is C=C[C@@H](O)[C@@](C)(O)[C@H](C)OC(C)=O. The molecule has 4 nitrogen and oxygen atoms in total. The Morgan fingerprint density at radius 3 is 2.46 bits per heavy atom. The average Bonchev–Trinajstić information content (AvgIpc) is 2.01. The van der Waals surface area contributed by atoms with E-state index >= 15 is 0 Å². The summed E-state index contributed by atoms with van der Waals surface area (Å²) in [4.78, 5) is 10.6. The number of hydrogen-bond donors (Lipinski definition) is 2. The third-order valence-corrected chi connectivity index (χ3v) is 1.99. The zero-order chi connectivity index (χ0) is 10.6. The Kier molecular flexibility index (Phi) is 4.10. The smallest absolute Gasteiger partial charge is 0.302 e. The van der Waals surface area contributed by atoms with Gasteiger partial charge in [0.25, 0.3) is 0 Å². The molecule has 0 unspecified atom stereocenters. The molecule has 2 N–H and O–H groups in total. The van der Waals surface area contributed by atoms with E-state index in [1.54, 1.807) is 0 Å². The maximum atomic E-state index is 10.6. The summed E-state index contributed by atoms with van der Waals surface area (Å²) in [5, 5.41) is 19.0. The Balaban J connectivity index is 4.42. The number of esters is 1. The van der Waals surface area contributed by atoms with Gasteiger partial charge in [0.1, 0.15) is 17.8 Å². The second-order valence-electron chi connectivity index (χ2n) is 3.16. The highest BCUT2D eigenvalue weighted by Gasteiger charge is 2.36. The van der Waals surface area contributed by atoms with Crippen LogP contribution in [0, 0.1) is 0 Å². The van der Waals surface area contributed by atoms with Crippen molar-refractivity contribution in [1.82, 2.24) is 0 Å². The molecule has 0 bridgehead atoms. The van der Waals surface area contributed by atoms with Crippen LogP contribution in [-0.2, 0) is 9.53 Å². The first-order valence-corrected chi connectivity index (χ1v) is 4.02. The molecule has 13 heavy (non-hydrogen) atoms. The molecule has 0 aliphatic rings. The molecule has 0 amide bonds. The van der Waals surface area contributed by atoms with E-state index in [4.69, 9.17) is 4.74 Å². The molecule has 76 valence electrons. The fourth-order valence-electron chi connectivity index (χ4n) is 0.847. The van der Waals surface area contributed by atoms with Gasteiger partial charge in [-0.3, -0.25) is 4.79 Å². The summed E-state index contributed by atoms with van der Waals surface area (Å²) >= 11 is 0. The predicted molar refractivity (Wildman–Crippen MR) is 48.1 cm³/mol. The molecular weight excluding hydrogens is 172 g/mol. The number of aliphatic hydroxyl groups excluding tert-OH is 1. The zero-order valence-corrected chi connectivity index (χ0v) is 8.15. The van der Waals surface area contributed by atoms with Crippen molar-refractivity contribution in [2.75, 3.05) is 0 Å². The van der Waals surface area contributed by atoms with Crippen LogP contribution in [-0.4, -0.2) is 34.0 Å². The summed E-state index contributed by atoms with van der Waals surface area (Å²) in [6, 6.07) is 0. The molecule has 0 saturated carbocycles. The second kappa shape index (κ2) is 4.39. The molecule has 3 atom stereocenters. The van der Waals surface area contributed by atoms with E-state index < -0.39 is 23.8 Å². The lowest BCUT2D eigenvalue weighted by Gasteiger charge is -2.32. The maximum Gasteiger partial charge on any atom is 0.302 e. The van der Waals surface area contributed by atoms with E-state index in [1.807, 2.05) is 0 Å². The van der Waals surface area contributed by atoms with Crippen LogP contribution in [0.3, 0.4) is 0 Å². The minimum Gasteiger partial charge on any atom is -0.460 e. The van der Waals surface area contributed by atoms with E-state index in [9.17, 15) is 15.0 Å². The van der Waals surface area contributed by atoms with E-state index in [2.05, 4.69) is 6.58 Å². The predicted octanol–water partition coefficient (Wildman–Crippen LogP) is 0.236.